The van der Waals surface area contributed by atoms with Gasteiger partial charge in [-0.2, -0.15) is 0 Å². The van der Waals surface area contributed by atoms with E-state index in [1.807, 2.05) is 0 Å². The average Bonchev–Trinajstić information content (AvgIpc) is 2.30. The minimum absolute atomic E-state index is 0.508. The summed E-state index contributed by atoms with van der Waals surface area (Å²) < 4.78 is 0. The van der Waals surface area contributed by atoms with Gasteiger partial charge in [0.15, 0.2) is 0 Å². The van der Waals surface area contributed by atoms with Crippen molar-refractivity contribution < 1.29 is 0 Å². The van der Waals surface area contributed by atoms with E-state index in [0.717, 1.165) is 6.54 Å². The zero-order chi connectivity index (χ0) is 9.80. The molecule has 1 aromatic carbocycles. The first kappa shape index (κ1) is 9.69. The fourth-order valence-electron chi connectivity index (χ4n) is 2.15. The second-order valence-electron chi connectivity index (χ2n) is 3.99. The second-order valence-corrected chi connectivity index (χ2v) is 3.99. The molecular weight excluding hydrogens is 172 g/mol. The van der Waals surface area contributed by atoms with Crippen LogP contribution in [-0.4, -0.2) is 12.6 Å². The van der Waals surface area contributed by atoms with Crippen LogP contribution < -0.4 is 11.1 Å². The predicted molar refractivity (Wildman–Crippen MR) is 59.0 cm³/mol. The van der Waals surface area contributed by atoms with Crippen LogP contribution in [0.25, 0.3) is 0 Å². The van der Waals surface area contributed by atoms with Gasteiger partial charge in [-0.3, -0.25) is 0 Å². The first-order chi connectivity index (χ1) is 6.90. The lowest BCUT2D eigenvalue weighted by atomic mass is 9.93. The van der Waals surface area contributed by atoms with Gasteiger partial charge in [0.2, 0.25) is 0 Å². The van der Waals surface area contributed by atoms with Crippen molar-refractivity contribution in [1.29, 1.82) is 0 Å². The van der Waals surface area contributed by atoms with E-state index >= 15 is 0 Å². The number of nitrogens with two attached hydrogens (primary N) is 1. The molecule has 2 unspecified atom stereocenters. The van der Waals surface area contributed by atoms with Gasteiger partial charge in [0, 0.05) is 18.6 Å². The molecule has 3 N–H and O–H groups in total. The van der Waals surface area contributed by atoms with Gasteiger partial charge < -0.3 is 11.1 Å². The summed E-state index contributed by atoms with van der Waals surface area (Å²) in [5.74, 6) is 0. The number of hydrogen-bond acceptors (Lipinski definition) is 2. The normalized spacial score (nSPS) is 27.5. The zero-order valence-corrected chi connectivity index (χ0v) is 8.45. The third kappa shape index (κ3) is 2.14. The molecule has 1 aliphatic rings. The van der Waals surface area contributed by atoms with Crippen LogP contribution in [0.3, 0.4) is 0 Å². The quantitative estimate of drug-likeness (QED) is 0.746. The van der Waals surface area contributed by atoms with E-state index in [0.29, 0.717) is 12.1 Å². The van der Waals surface area contributed by atoms with Crippen molar-refractivity contribution in [3.05, 3.63) is 35.9 Å². The van der Waals surface area contributed by atoms with E-state index in [2.05, 4.69) is 35.6 Å². The van der Waals surface area contributed by atoms with E-state index in [1.165, 1.54) is 24.8 Å². The Hall–Kier alpha value is -0.860. The van der Waals surface area contributed by atoms with Crippen LogP contribution in [0.2, 0.25) is 0 Å². The largest absolute Gasteiger partial charge is 0.329 e. The highest BCUT2D eigenvalue weighted by Crippen LogP contribution is 2.24. The van der Waals surface area contributed by atoms with Gasteiger partial charge in [0.1, 0.15) is 0 Å². The monoisotopic (exact) mass is 190 g/mol. The molecule has 1 heterocycles. The van der Waals surface area contributed by atoms with Crippen LogP contribution in [-0.2, 0) is 0 Å². The molecule has 2 atom stereocenters. The summed E-state index contributed by atoms with van der Waals surface area (Å²) in [6.07, 6.45) is 3.74. The molecule has 0 bridgehead atoms. The molecule has 1 saturated heterocycles. The van der Waals surface area contributed by atoms with Gasteiger partial charge in [-0.15, -0.1) is 0 Å². The number of piperidine rings is 1. The molecule has 0 spiro atoms. The molecule has 0 amide bonds. The minimum atomic E-state index is 0.508. The number of benzene rings is 1. The highest BCUT2D eigenvalue weighted by Gasteiger charge is 2.20. The van der Waals surface area contributed by atoms with Crippen LogP contribution in [0.5, 0.6) is 0 Å². The van der Waals surface area contributed by atoms with Gasteiger partial charge in [-0.25, -0.2) is 0 Å². The third-order valence-corrected chi connectivity index (χ3v) is 2.97. The Kier molecular flexibility index (Phi) is 3.17. The fourth-order valence-corrected chi connectivity index (χ4v) is 2.15. The Balaban J connectivity index is 2.04. The lowest BCUT2D eigenvalue weighted by Gasteiger charge is -2.30. The first-order valence-electron chi connectivity index (χ1n) is 5.41. The summed E-state index contributed by atoms with van der Waals surface area (Å²) >= 11 is 0. The van der Waals surface area contributed by atoms with Gasteiger partial charge in [-0.05, 0) is 24.8 Å². The van der Waals surface area contributed by atoms with Gasteiger partial charge in [-0.1, -0.05) is 30.3 Å². The predicted octanol–water partition coefficient (Wildman–Crippen LogP) is 1.83. The van der Waals surface area contributed by atoms with Gasteiger partial charge in [0.05, 0.1) is 0 Å². The summed E-state index contributed by atoms with van der Waals surface area (Å²) in [5, 5.41) is 3.59. The van der Waals surface area contributed by atoms with Crippen LogP contribution in [0.1, 0.15) is 30.9 Å². The van der Waals surface area contributed by atoms with E-state index in [4.69, 9.17) is 5.73 Å². The maximum atomic E-state index is 5.68. The Bertz CT molecular complexity index is 271. The smallest absolute Gasteiger partial charge is 0.0323 e. The van der Waals surface area contributed by atoms with Crippen molar-refractivity contribution in [2.75, 3.05) is 6.54 Å². The average molecular weight is 190 g/mol. The molecule has 14 heavy (non-hydrogen) atoms. The minimum Gasteiger partial charge on any atom is -0.329 e. The van der Waals surface area contributed by atoms with Crippen molar-refractivity contribution >= 4 is 0 Å². The number of hydrogen-bond donors (Lipinski definition) is 2. The summed E-state index contributed by atoms with van der Waals surface area (Å²) in [5.41, 5.74) is 7.08. The lowest BCUT2D eigenvalue weighted by molar-refractivity contribution is 0.329. The maximum Gasteiger partial charge on any atom is 0.0323 e. The van der Waals surface area contributed by atoms with Crippen molar-refractivity contribution in [3.8, 4) is 0 Å². The van der Waals surface area contributed by atoms with Crippen LogP contribution >= 0.6 is 0 Å². The van der Waals surface area contributed by atoms with E-state index in [-0.39, 0.29) is 0 Å². The first-order valence-corrected chi connectivity index (χ1v) is 5.41. The van der Waals surface area contributed by atoms with Crippen molar-refractivity contribution in [1.82, 2.24) is 5.32 Å². The molecular formula is C12H18N2. The van der Waals surface area contributed by atoms with Gasteiger partial charge >= 0.3 is 0 Å². The highest BCUT2D eigenvalue weighted by molar-refractivity contribution is 5.19. The Morgan fingerprint density at radius 1 is 1.21 bits per heavy atom. The molecule has 0 aliphatic carbocycles. The van der Waals surface area contributed by atoms with E-state index in [1.54, 1.807) is 0 Å². The second kappa shape index (κ2) is 4.58. The molecule has 0 saturated carbocycles. The molecule has 0 aromatic heterocycles. The van der Waals surface area contributed by atoms with Crippen LogP contribution in [0.4, 0.5) is 0 Å². The zero-order valence-electron chi connectivity index (χ0n) is 8.45. The van der Waals surface area contributed by atoms with E-state index < -0.39 is 0 Å². The Morgan fingerprint density at radius 2 is 2.00 bits per heavy atom. The summed E-state index contributed by atoms with van der Waals surface area (Å²) in [6.45, 7) is 0.753. The van der Waals surface area contributed by atoms with E-state index in [9.17, 15) is 0 Å². The molecule has 76 valence electrons. The van der Waals surface area contributed by atoms with Gasteiger partial charge in [0.25, 0.3) is 0 Å². The van der Waals surface area contributed by atoms with Crippen molar-refractivity contribution in [2.24, 2.45) is 5.73 Å². The Labute approximate surface area is 85.5 Å². The summed E-state index contributed by atoms with van der Waals surface area (Å²) in [7, 11) is 0. The molecule has 2 rings (SSSR count). The molecule has 1 fully saturated rings. The fraction of sp³-hybridized carbons (Fsp3) is 0.500. The summed E-state index contributed by atoms with van der Waals surface area (Å²) in [6, 6.07) is 11.7. The topological polar surface area (TPSA) is 38.0 Å². The highest BCUT2D eigenvalue weighted by atomic mass is 15.0. The Morgan fingerprint density at radius 3 is 2.71 bits per heavy atom. The lowest BCUT2D eigenvalue weighted by Crippen LogP contribution is -2.41. The number of rotatable bonds is 2. The maximum absolute atomic E-state index is 5.68. The summed E-state index contributed by atoms with van der Waals surface area (Å²) in [4.78, 5) is 0. The van der Waals surface area contributed by atoms with Crippen LogP contribution in [0.15, 0.2) is 30.3 Å². The van der Waals surface area contributed by atoms with Crippen LogP contribution in [0, 0.1) is 0 Å². The SMILES string of the molecule is NCC1CCCC(c2ccccc2)N1. The molecule has 0 radical (unpaired) electrons. The standard InChI is InChI=1S/C12H18N2/c13-9-11-7-4-8-12(14-11)10-5-2-1-3-6-10/h1-3,5-6,11-12,14H,4,7-9,13H2. The molecule has 1 aromatic rings. The van der Waals surface area contributed by atoms with Crippen molar-refractivity contribution in [2.45, 2.75) is 31.3 Å². The van der Waals surface area contributed by atoms with Crippen molar-refractivity contribution in [3.63, 3.8) is 0 Å². The molecule has 1 aliphatic heterocycles. The third-order valence-electron chi connectivity index (χ3n) is 2.97. The molecule has 2 heteroatoms. The number of nitrogens with one attached hydrogen (secondary N) is 1. The molecule has 2 nitrogen and oxygen atoms in total.